The standard InChI is InChI=1S/C15H16F3N5O/c16-15(17,18)12-6-4-11(5-7-12)14-19-21-23(20-14)10-13(24)22-8-2-1-3-9-22/h4-7H,1-3,8-10H2. The molecule has 1 aliphatic rings. The number of hydrogen-bond acceptors (Lipinski definition) is 4. The third kappa shape index (κ3) is 3.72. The number of amides is 1. The summed E-state index contributed by atoms with van der Waals surface area (Å²) < 4.78 is 37.7. The van der Waals surface area contributed by atoms with Gasteiger partial charge < -0.3 is 4.90 Å². The lowest BCUT2D eigenvalue weighted by molar-refractivity contribution is -0.137. The zero-order chi connectivity index (χ0) is 17.2. The molecular formula is C15H16F3N5O. The number of benzene rings is 1. The van der Waals surface area contributed by atoms with E-state index in [1.54, 1.807) is 4.90 Å². The van der Waals surface area contributed by atoms with Gasteiger partial charge in [0.25, 0.3) is 0 Å². The number of piperidine rings is 1. The molecule has 0 atom stereocenters. The first kappa shape index (κ1) is 16.4. The van der Waals surface area contributed by atoms with E-state index in [2.05, 4.69) is 15.4 Å². The van der Waals surface area contributed by atoms with Crippen LogP contribution in [0.3, 0.4) is 0 Å². The van der Waals surface area contributed by atoms with Gasteiger partial charge in [-0.1, -0.05) is 12.1 Å². The summed E-state index contributed by atoms with van der Waals surface area (Å²) >= 11 is 0. The van der Waals surface area contributed by atoms with E-state index in [1.165, 1.54) is 16.9 Å². The number of halogens is 3. The van der Waals surface area contributed by atoms with E-state index < -0.39 is 11.7 Å². The van der Waals surface area contributed by atoms with Gasteiger partial charge in [0.15, 0.2) is 0 Å². The fourth-order valence-electron chi connectivity index (χ4n) is 2.60. The number of tetrazole rings is 1. The first-order chi connectivity index (χ1) is 11.4. The average molecular weight is 339 g/mol. The fraction of sp³-hybridized carbons (Fsp3) is 0.467. The number of aromatic nitrogens is 4. The van der Waals surface area contributed by atoms with Gasteiger partial charge in [0.1, 0.15) is 6.54 Å². The van der Waals surface area contributed by atoms with Crippen molar-refractivity contribution in [1.29, 1.82) is 0 Å². The molecule has 1 fully saturated rings. The molecule has 0 N–H and O–H groups in total. The molecule has 1 aromatic heterocycles. The lowest BCUT2D eigenvalue weighted by Gasteiger charge is -2.26. The van der Waals surface area contributed by atoms with E-state index in [0.29, 0.717) is 5.56 Å². The van der Waals surface area contributed by atoms with E-state index in [1.807, 2.05) is 0 Å². The fourth-order valence-corrected chi connectivity index (χ4v) is 2.60. The van der Waals surface area contributed by atoms with Crippen molar-refractivity contribution in [2.24, 2.45) is 0 Å². The normalized spacial score (nSPS) is 15.5. The maximum absolute atomic E-state index is 12.6. The van der Waals surface area contributed by atoms with Crippen molar-refractivity contribution >= 4 is 5.91 Å². The molecule has 0 aliphatic carbocycles. The second-order valence-electron chi connectivity index (χ2n) is 5.66. The maximum atomic E-state index is 12.6. The van der Waals surface area contributed by atoms with Gasteiger partial charge in [-0.25, -0.2) is 0 Å². The van der Waals surface area contributed by atoms with E-state index >= 15 is 0 Å². The van der Waals surface area contributed by atoms with Crippen LogP contribution < -0.4 is 0 Å². The molecule has 128 valence electrons. The monoisotopic (exact) mass is 339 g/mol. The molecule has 1 aromatic carbocycles. The summed E-state index contributed by atoms with van der Waals surface area (Å²) in [4.78, 5) is 15.1. The van der Waals surface area contributed by atoms with E-state index in [-0.39, 0.29) is 18.3 Å². The zero-order valence-corrected chi connectivity index (χ0v) is 12.8. The van der Waals surface area contributed by atoms with E-state index in [4.69, 9.17) is 0 Å². The van der Waals surface area contributed by atoms with Crippen LogP contribution in [0.25, 0.3) is 11.4 Å². The molecule has 0 saturated carbocycles. The third-order valence-corrected chi connectivity index (χ3v) is 3.91. The van der Waals surface area contributed by atoms with Crippen molar-refractivity contribution in [2.75, 3.05) is 13.1 Å². The molecule has 1 aliphatic heterocycles. The molecular weight excluding hydrogens is 323 g/mol. The molecule has 0 bridgehead atoms. The zero-order valence-electron chi connectivity index (χ0n) is 12.8. The molecule has 1 saturated heterocycles. The van der Waals surface area contributed by atoms with Gasteiger partial charge in [0.05, 0.1) is 5.56 Å². The second-order valence-corrected chi connectivity index (χ2v) is 5.66. The van der Waals surface area contributed by atoms with Crippen LogP contribution in [0.4, 0.5) is 13.2 Å². The number of carbonyl (C=O) groups is 1. The number of hydrogen-bond donors (Lipinski definition) is 0. The van der Waals surface area contributed by atoms with Crippen molar-refractivity contribution in [3.63, 3.8) is 0 Å². The van der Waals surface area contributed by atoms with Gasteiger partial charge in [-0.3, -0.25) is 4.79 Å². The predicted octanol–water partition coefficient (Wildman–Crippen LogP) is 2.37. The van der Waals surface area contributed by atoms with Crippen LogP contribution in [0.15, 0.2) is 24.3 Å². The third-order valence-electron chi connectivity index (χ3n) is 3.91. The van der Waals surface area contributed by atoms with Crippen LogP contribution in [0, 0.1) is 0 Å². The molecule has 2 aromatic rings. The Hall–Kier alpha value is -2.45. The Morgan fingerprint density at radius 1 is 1.08 bits per heavy atom. The highest BCUT2D eigenvalue weighted by atomic mass is 19.4. The lowest BCUT2D eigenvalue weighted by atomic mass is 10.1. The first-order valence-electron chi connectivity index (χ1n) is 7.67. The highest BCUT2D eigenvalue weighted by Gasteiger charge is 2.30. The molecule has 0 spiro atoms. The molecule has 0 unspecified atom stereocenters. The largest absolute Gasteiger partial charge is 0.416 e. The number of carbonyl (C=O) groups excluding carboxylic acids is 1. The maximum Gasteiger partial charge on any atom is 0.416 e. The second kappa shape index (κ2) is 6.58. The summed E-state index contributed by atoms with van der Waals surface area (Å²) in [5.74, 6) is 0.112. The molecule has 9 heteroatoms. The highest BCUT2D eigenvalue weighted by Crippen LogP contribution is 2.30. The van der Waals surface area contributed by atoms with Crippen LogP contribution in [0.5, 0.6) is 0 Å². The summed E-state index contributed by atoms with van der Waals surface area (Å²) in [6.07, 6.45) is -1.27. The molecule has 3 rings (SSSR count). The van der Waals surface area contributed by atoms with E-state index in [9.17, 15) is 18.0 Å². The van der Waals surface area contributed by atoms with Gasteiger partial charge in [-0.05, 0) is 36.6 Å². The van der Waals surface area contributed by atoms with Gasteiger partial charge in [-0.2, -0.15) is 18.0 Å². The van der Waals surface area contributed by atoms with Gasteiger partial charge >= 0.3 is 6.18 Å². The summed E-state index contributed by atoms with van der Waals surface area (Å²) in [7, 11) is 0. The molecule has 24 heavy (non-hydrogen) atoms. The van der Waals surface area contributed by atoms with Crippen LogP contribution >= 0.6 is 0 Å². The van der Waals surface area contributed by atoms with Gasteiger partial charge in [-0.15, -0.1) is 10.2 Å². The molecule has 0 radical (unpaired) electrons. The summed E-state index contributed by atoms with van der Waals surface area (Å²) in [5, 5.41) is 11.7. The average Bonchev–Trinajstić information content (AvgIpc) is 3.03. The van der Waals surface area contributed by atoms with Crippen molar-refractivity contribution in [3.8, 4) is 11.4 Å². The number of rotatable bonds is 3. The summed E-state index contributed by atoms with van der Waals surface area (Å²) in [6.45, 7) is 1.45. The van der Waals surface area contributed by atoms with Crippen molar-refractivity contribution in [1.82, 2.24) is 25.1 Å². The van der Waals surface area contributed by atoms with Crippen molar-refractivity contribution in [2.45, 2.75) is 32.0 Å². The van der Waals surface area contributed by atoms with Crippen LogP contribution in [0.2, 0.25) is 0 Å². The number of alkyl halides is 3. The highest BCUT2D eigenvalue weighted by molar-refractivity contribution is 5.75. The summed E-state index contributed by atoms with van der Waals surface area (Å²) in [6, 6.07) is 4.51. The Labute approximate surface area is 136 Å². The first-order valence-corrected chi connectivity index (χ1v) is 7.67. The minimum Gasteiger partial charge on any atom is -0.341 e. The van der Waals surface area contributed by atoms with Crippen molar-refractivity contribution in [3.05, 3.63) is 29.8 Å². The number of nitrogens with zero attached hydrogens (tertiary/aromatic N) is 5. The van der Waals surface area contributed by atoms with Crippen molar-refractivity contribution < 1.29 is 18.0 Å². The Morgan fingerprint density at radius 3 is 2.38 bits per heavy atom. The Kier molecular flexibility index (Phi) is 4.50. The molecule has 1 amide bonds. The molecule has 6 nitrogen and oxygen atoms in total. The topological polar surface area (TPSA) is 63.9 Å². The van der Waals surface area contributed by atoms with Gasteiger partial charge in [0, 0.05) is 18.7 Å². The lowest BCUT2D eigenvalue weighted by Crippen LogP contribution is -2.38. The predicted molar refractivity (Wildman–Crippen MR) is 78.7 cm³/mol. The Bertz CT molecular complexity index is 705. The minimum absolute atomic E-state index is 0.0202. The minimum atomic E-state index is -4.38. The smallest absolute Gasteiger partial charge is 0.341 e. The Morgan fingerprint density at radius 2 is 1.75 bits per heavy atom. The van der Waals surface area contributed by atoms with Gasteiger partial charge in [0.2, 0.25) is 11.7 Å². The SMILES string of the molecule is O=C(Cn1nnc(-c2ccc(C(F)(F)F)cc2)n1)N1CCCCC1. The van der Waals surface area contributed by atoms with E-state index in [0.717, 1.165) is 44.5 Å². The van der Waals surface area contributed by atoms with Crippen LogP contribution in [0.1, 0.15) is 24.8 Å². The van der Waals surface area contributed by atoms with Crippen LogP contribution in [-0.4, -0.2) is 44.1 Å². The quantitative estimate of drug-likeness (QED) is 0.861. The Balaban J connectivity index is 1.67. The number of likely N-dealkylation sites (tertiary alicyclic amines) is 1. The van der Waals surface area contributed by atoms with Crippen LogP contribution in [-0.2, 0) is 17.5 Å². The summed E-state index contributed by atoms with van der Waals surface area (Å²) in [5.41, 5.74) is -0.321. The molecule has 2 heterocycles.